The molecule has 0 saturated heterocycles. The molecule has 0 fully saturated rings. The van der Waals surface area contributed by atoms with Gasteiger partial charge in [-0.3, -0.25) is 9.89 Å². The number of H-pyrrole nitrogens is 1. The lowest BCUT2D eigenvalue weighted by atomic mass is 10.2. The Morgan fingerprint density at radius 3 is 2.81 bits per heavy atom. The summed E-state index contributed by atoms with van der Waals surface area (Å²) in [5, 5.41) is 8.84. The van der Waals surface area contributed by atoms with E-state index in [9.17, 15) is 13.2 Å². The average Bonchev–Trinajstić information content (AvgIpc) is 2.97. The van der Waals surface area contributed by atoms with Crippen molar-refractivity contribution in [3.05, 3.63) is 41.7 Å². The number of carbonyl (C=O) groups excluding carboxylic acids is 1. The van der Waals surface area contributed by atoms with Gasteiger partial charge in [-0.25, -0.2) is 8.42 Å². The number of ether oxygens (including phenoxy) is 1. The zero-order chi connectivity index (χ0) is 15.5. The monoisotopic (exact) mass is 329 g/mol. The maximum Gasteiger partial charge on any atom is 0.264 e. The molecule has 2 N–H and O–H groups in total. The quantitative estimate of drug-likeness (QED) is 0.804. The highest BCUT2D eigenvalue weighted by Crippen LogP contribution is 2.27. The largest absolute Gasteiger partial charge is 0.495 e. The zero-order valence-electron chi connectivity index (χ0n) is 11.0. The van der Waals surface area contributed by atoms with Crippen LogP contribution in [0.5, 0.6) is 5.75 Å². The molecule has 2 rings (SSSR count). The molecular weight excluding hydrogens is 318 g/mol. The first kappa shape index (κ1) is 15.3. The van der Waals surface area contributed by atoms with E-state index in [1.54, 1.807) is 6.07 Å². The molecule has 0 unspecified atom stereocenters. The van der Waals surface area contributed by atoms with Crippen LogP contribution < -0.4 is 10.1 Å². The molecule has 1 aromatic carbocycles. The molecule has 0 radical (unpaired) electrons. The van der Waals surface area contributed by atoms with Gasteiger partial charge in [0, 0.05) is 23.4 Å². The van der Waals surface area contributed by atoms with Crippen LogP contribution in [-0.4, -0.2) is 31.6 Å². The van der Waals surface area contributed by atoms with E-state index in [1.165, 1.54) is 31.6 Å². The minimum Gasteiger partial charge on any atom is -0.495 e. The van der Waals surface area contributed by atoms with Gasteiger partial charge in [0.1, 0.15) is 10.6 Å². The first-order chi connectivity index (χ1) is 9.91. The average molecular weight is 330 g/mol. The SMILES string of the molecule is COc1ccc(CNC(=O)c2cn[nH]c2)cc1S(=O)(=O)Cl. The van der Waals surface area contributed by atoms with E-state index in [0.29, 0.717) is 11.1 Å². The number of nitrogens with one attached hydrogen (secondary N) is 2. The molecule has 0 bridgehead atoms. The van der Waals surface area contributed by atoms with Crippen molar-refractivity contribution in [1.82, 2.24) is 15.5 Å². The second-order valence-electron chi connectivity index (χ2n) is 4.09. The predicted octanol–water partition coefficient (Wildman–Crippen LogP) is 1.28. The molecule has 1 amide bonds. The molecule has 0 atom stereocenters. The van der Waals surface area contributed by atoms with Crippen molar-refractivity contribution < 1.29 is 17.9 Å². The number of aromatic nitrogens is 2. The molecule has 1 aromatic heterocycles. The molecule has 7 nitrogen and oxygen atoms in total. The van der Waals surface area contributed by atoms with Crippen molar-refractivity contribution in [2.75, 3.05) is 7.11 Å². The van der Waals surface area contributed by atoms with Gasteiger partial charge in [-0.2, -0.15) is 5.10 Å². The van der Waals surface area contributed by atoms with E-state index in [-0.39, 0.29) is 23.1 Å². The standard InChI is InChI=1S/C12H12ClN3O4S/c1-20-10-3-2-8(4-11(10)21(13,18)19)5-14-12(17)9-6-15-16-7-9/h2-4,6-7H,5H2,1H3,(H,14,17)(H,15,16). The number of hydrogen-bond acceptors (Lipinski definition) is 5. The molecule has 0 spiro atoms. The summed E-state index contributed by atoms with van der Waals surface area (Å²) in [6, 6.07) is 4.48. The van der Waals surface area contributed by atoms with Crippen molar-refractivity contribution in [3.63, 3.8) is 0 Å². The van der Waals surface area contributed by atoms with Gasteiger partial charge in [0.05, 0.1) is 18.9 Å². The van der Waals surface area contributed by atoms with Crippen LogP contribution in [0.2, 0.25) is 0 Å². The lowest BCUT2D eigenvalue weighted by molar-refractivity contribution is 0.0951. The van der Waals surface area contributed by atoms with Crippen LogP contribution in [0.3, 0.4) is 0 Å². The van der Waals surface area contributed by atoms with Crippen LogP contribution in [0, 0.1) is 0 Å². The number of amides is 1. The van der Waals surface area contributed by atoms with Gasteiger partial charge in [0.15, 0.2) is 0 Å². The highest BCUT2D eigenvalue weighted by Gasteiger charge is 2.17. The van der Waals surface area contributed by atoms with Gasteiger partial charge < -0.3 is 10.1 Å². The first-order valence-electron chi connectivity index (χ1n) is 5.80. The second kappa shape index (κ2) is 6.15. The van der Waals surface area contributed by atoms with Crippen molar-refractivity contribution in [1.29, 1.82) is 0 Å². The molecule has 21 heavy (non-hydrogen) atoms. The van der Waals surface area contributed by atoms with Crippen LogP contribution in [0.4, 0.5) is 0 Å². The number of hydrogen-bond donors (Lipinski definition) is 2. The predicted molar refractivity (Wildman–Crippen MR) is 75.8 cm³/mol. The van der Waals surface area contributed by atoms with Crippen LogP contribution >= 0.6 is 10.7 Å². The summed E-state index contributed by atoms with van der Waals surface area (Å²) in [5.41, 5.74) is 0.959. The van der Waals surface area contributed by atoms with E-state index < -0.39 is 9.05 Å². The Kier molecular flexibility index (Phi) is 4.49. The van der Waals surface area contributed by atoms with Crippen molar-refractivity contribution >= 4 is 25.6 Å². The summed E-state index contributed by atoms with van der Waals surface area (Å²) < 4.78 is 27.9. The molecule has 0 saturated carbocycles. The first-order valence-corrected chi connectivity index (χ1v) is 8.11. The fraction of sp³-hybridized carbons (Fsp3) is 0.167. The third-order valence-electron chi connectivity index (χ3n) is 2.70. The molecule has 0 aliphatic rings. The Labute approximate surface area is 125 Å². The Morgan fingerprint density at radius 1 is 1.48 bits per heavy atom. The van der Waals surface area contributed by atoms with Crippen LogP contribution in [-0.2, 0) is 15.6 Å². The summed E-state index contributed by atoms with van der Waals surface area (Å²) in [7, 11) is 2.77. The van der Waals surface area contributed by atoms with Gasteiger partial charge in [0.25, 0.3) is 15.0 Å². The van der Waals surface area contributed by atoms with Gasteiger partial charge in [-0.1, -0.05) is 6.07 Å². The molecule has 0 aliphatic heterocycles. The van der Waals surface area contributed by atoms with Gasteiger partial charge >= 0.3 is 0 Å². The molecule has 0 aliphatic carbocycles. The van der Waals surface area contributed by atoms with Gasteiger partial charge in [-0.15, -0.1) is 0 Å². The van der Waals surface area contributed by atoms with Crippen LogP contribution in [0.15, 0.2) is 35.5 Å². The summed E-state index contributed by atoms with van der Waals surface area (Å²) in [5.74, 6) is -0.176. The highest BCUT2D eigenvalue weighted by molar-refractivity contribution is 8.13. The highest BCUT2D eigenvalue weighted by atomic mass is 35.7. The third kappa shape index (κ3) is 3.73. The number of methoxy groups -OCH3 is 1. The number of benzene rings is 1. The summed E-state index contributed by atoms with van der Waals surface area (Å²) >= 11 is 0. The van der Waals surface area contributed by atoms with Gasteiger partial charge in [-0.05, 0) is 17.7 Å². The van der Waals surface area contributed by atoms with Gasteiger partial charge in [0.2, 0.25) is 0 Å². The Bertz CT molecular complexity index is 744. The molecule has 1 heterocycles. The molecule has 112 valence electrons. The Balaban J connectivity index is 2.16. The smallest absolute Gasteiger partial charge is 0.264 e. The molecule has 9 heteroatoms. The maximum absolute atomic E-state index is 11.7. The van der Waals surface area contributed by atoms with E-state index in [4.69, 9.17) is 15.4 Å². The van der Waals surface area contributed by atoms with E-state index in [1.807, 2.05) is 0 Å². The number of nitrogens with zero attached hydrogens (tertiary/aromatic N) is 1. The maximum atomic E-state index is 11.7. The normalized spacial score (nSPS) is 11.1. The number of rotatable bonds is 5. The summed E-state index contributed by atoms with van der Waals surface area (Å²) in [6.45, 7) is 0.146. The molecular formula is C12H12ClN3O4S. The second-order valence-corrected chi connectivity index (χ2v) is 6.63. The van der Waals surface area contributed by atoms with Crippen molar-refractivity contribution in [2.45, 2.75) is 11.4 Å². The minimum absolute atomic E-state index is 0.137. The topological polar surface area (TPSA) is 101 Å². The number of carbonyl (C=O) groups is 1. The van der Waals surface area contributed by atoms with E-state index in [0.717, 1.165) is 0 Å². The Morgan fingerprint density at radius 2 is 2.24 bits per heavy atom. The lowest BCUT2D eigenvalue weighted by Crippen LogP contribution is -2.22. The van der Waals surface area contributed by atoms with E-state index >= 15 is 0 Å². The van der Waals surface area contributed by atoms with Crippen LogP contribution in [0.1, 0.15) is 15.9 Å². The van der Waals surface area contributed by atoms with Crippen LogP contribution in [0.25, 0.3) is 0 Å². The lowest BCUT2D eigenvalue weighted by Gasteiger charge is -2.09. The fourth-order valence-corrected chi connectivity index (χ4v) is 2.73. The summed E-state index contributed by atoms with van der Waals surface area (Å²) in [4.78, 5) is 11.6. The molecule has 2 aromatic rings. The fourth-order valence-electron chi connectivity index (χ4n) is 1.68. The van der Waals surface area contributed by atoms with E-state index in [2.05, 4.69) is 15.5 Å². The third-order valence-corrected chi connectivity index (χ3v) is 4.05. The van der Waals surface area contributed by atoms with Crippen molar-refractivity contribution in [2.24, 2.45) is 0 Å². The van der Waals surface area contributed by atoms with Crippen molar-refractivity contribution in [3.8, 4) is 5.75 Å². The summed E-state index contributed by atoms with van der Waals surface area (Å²) in [6.07, 6.45) is 2.84. The minimum atomic E-state index is -3.93. The zero-order valence-corrected chi connectivity index (χ0v) is 12.5. The number of aromatic amines is 1. The number of halogens is 1. The Hall–Kier alpha value is -2.06.